The average molecular weight is 461 g/mol. The van der Waals surface area contributed by atoms with Crippen molar-refractivity contribution in [1.82, 2.24) is 9.62 Å². The van der Waals surface area contributed by atoms with Crippen LogP contribution in [0.2, 0.25) is 0 Å². The highest BCUT2D eigenvalue weighted by molar-refractivity contribution is 7.89. The highest BCUT2D eigenvalue weighted by Gasteiger charge is 2.38. The number of ether oxygens (including phenoxy) is 1. The molecule has 2 aliphatic heterocycles. The summed E-state index contributed by atoms with van der Waals surface area (Å²) >= 11 is 0. The summed E-state index contributed by atoms with van der Waals surface area (Å²) in [4.78, 5) is 13.2. The Labute approximate surface area is 188 Å². The second-order valence-corrected chi connectivity index (χ2v) is 11.3. The highest BCUT2D eigenvalue weighted by atomic mass is 32.2. The molecule has 2 atom stereocenters. The first kappa shape index (κ1) is 22.7. The van der Waals surface area contributed by atoms with Gasteiger partial charge in [0.2, 0.25) is 15.9 Å². The maximum Gasteiger partial charge on any atom is 0.243 e. The minimum Gasteiger partial charge on any atom is -0.487 e. The molecule has 0 aliphatic carbocycles. The Morgan fingerprint density at radius 3 is 2.62 bits per heavy atom. The predicted octanol–water partition coefficient (Wildman–Crippen LogP) is 3.95. The van der Waals surface area contributed by atoms with Gasteiger partial charge in [0.25, 0.3) is 0 Å². The van der Waals surface area contributed by atoms with Crippen molar-refractivity contribution < 1.29 is 22.3 Å². The number of halogens is 1. The Hall–Kier alpha value is -2.45. The molecule has 1 saturated heterocycles. The Morgan fingerprint density at radius 2 is 1.91 bits per heavy atom. The van der Waals surface area contributed by atoms with E-state index in [9.17, 15) is 17.6 Å². The minimum absolute atomic E-state index is 0.0375. The van der Waals surface area contributed by atoms with Crippen LogP contribution in [0, 0.1) is 18.7 Å². The number of hydrogen-bond acceptors (Lipinski definition) is 4. The minimum atomic E-state index is -3.78. The van der Waals surface area contributed by atoms with Crippen molar-refractivity contribution in [2.24, 2.45) is 5.92 Å². The van der Waals surface area contributed by atoms with E-state index < -0.39 is 27.4 Å². The molecule has 1 amide bonds. The molecule has 2 aromatic carbocycles. The number of nitrogens with zero attached hydrogens (tertiary/aromatic N) is 1. The van der Waals surface area contributed by atoms with Crippen LogP contribution < -0.4 is 10.1 Å². The number of benzene rings is 2. The van der Waals surface area contributed by atoms with Gasteiger partial charge in [-0.2, -0.15) is 4.31 Å². The van der Waals surface area contributed by atoms with E-state index >= 15 is 0 Å². The van der Waals surface area contributed by atoms with Gasteiger partial charge in [-0.3, -0.25) is 4.79 Å². The van der Waals surface area contributed by atoms with Crippen molar-refractivity contribution in [3.63, 3.8) is 0 Å². The SMILES string of the molecule is Cc1ccc2c(c1)[C@@H](NC(=O)[C@@H]1CCCN(S(=O)(=O)c3ccc(F)cc3)C1)CC(C)(C)O2. The fraction of sp³-hybridized carbons (Fsp3) is 0.458. The summed E-state index contributed by atoms with van der Waals surface area (Å²) in [6.07, 6.45) is 1.83. The van der Waals surface area contributed by atoms with Crippen LogP contribution in [0.3, 0.4) is 0 Å². The molecule has 1 N–H and O–H groups in total. The van der Waals surface area contributed by atoms with E-state index in [1.807, 2.05) is 39.0 Å². The molecule has 8 heteroatoms. The molecule has 0 radical (unpaired) electrons. The number of carbonyl (C=O) groups excluding carboxylic acids is 1. The van der Waals surface area contributed by atoms with E-state index in [-0.39, 0.29) is 23.4 Å². The van der Waals surface area contributed by atoms with Gasteiger partial charge in [-0.05, 0) is 63.9 Å². The van der Waals surface area contributed by atoms with Gasteiger partial charge in [0.05, 0.1) is 16.9 Å². The van der Waals surface area contributed by atoms with Crippen LogP contribution in [0.25, 0.3) is 0 Å². The van der Waals surface area contributed by atoms with Crippen molar-refractivity contribution in [3.05, 3.63) is 59.4 Å². The molecule has 2 heterocycles. The van der Waals surface area contributed by atoms with E-state index in [2.05, 4.69) is 5.32 Å². The number of amides is 1. The number of piperidine rings is 1. The number of rotatable bonds is 4. The third kappa shape index (κ3) is 4.66. The Kier molecular flexibility index (Phi) is 6.02. The molecule has 172 valence electrons. The predicted molar refractivity (Wildman–Crippen MR) is 119 cm³/mol. The molecule has 1 fully saturated rings. The van der Waals surface area contributed by atoms with Crippen molar-refractivity contribution in [1.29, 1.82) is 0 Å². The van der Waals surface area contributed by atoms with Crippen LogP contribution >= 0.6 is 0 Å². The maximum absolute atomic E-state index is 13.2. The molecule has 0 unspecified atom stereocenters. The lowest BCUT2D eigenvalue weighted by Crippen LogP contribution is -2.48. The molecule has 32 heavy (non-hydrogen) atoms. The molecule has 0 bridgehead atoms. The normalized spacial score (nSPS) is 23.1. The maximum atomic E-state index is 13.2. The van der Waals surface area contributed by atoms with Gasteiger partial charge in [0.1, 0.15) is 17.2 Å². The lowest BCUT2D eigenvalue weighted by atomic mass is 9.88. The Morgan fingerprint density at radius 1 is 1.19 bits per heavy atom. The van der Waals surface area contributed by atoms with Gasteiger partial charge >= 0.3 is 0 Å². The van der Waals surface area contributed by atoms with Gasteiger partial charge in [-0.25, -0.2) is 12.8 Å². The lowest BCUT2D eigenvalue weighted by Gasteiger charge is -2.39. The Bertz CT molecular complexity index is 1120. The van der Waals surface area contributed by atoms with Crippen LogP contribution in [-0.2, 0) is 14.8 Å². The number of hydrogen-bond donors (Lipinski definition) is 1. The zero-order valence-corrected chi connectivity index (χ0v) is 19.4. The molecular formula is C24H29FN2O4S. The summed E-state index contributed by atoms with van der Waals surface area (Å²) in [5, 5.41) is 3.16. The van der Waals surface area contributed by atoms with E-state index in [0.29, 0.717) is 25.8 Å². The first-order valence-electron chi connectivity index (χ1n) is 10.9. The Balaban J connectivity index is 1.51. The average Bonchev–Trinajstić information content (AvgIpc) is 2.74. The summed E-state index contributed by atoms with van der Waals surface area (Å²) in [7, 11) is -3.78. The highest BCUT2D eigenvalue weighted by Crippen LogP contribution is 2.40. The van der Waals surface area contributed by atoms with Gasteiger partial charge in [-0.1, -0.05) is 17.7 Å². The van der Waals surface area contributed by atoms with Crippen LogP contribution in [0.4, 0.5) is 4.39 Å². The fourth-order valence-corrected chi connectivity index (χ4v) is 6.05. The third-order valence-electron chi connectivity index (χ3n) is 6.15. The van der Waals surface area contributed by atoms with Crippen LogP contribution in [0.15, 0.2) is 47.4 Å². The van der Waals surface area contributed by atoms with E-state index in [0.717, 1.165) is 29.0 Å². The first-order chi connectivity index (χ1) is 15.0. The van der Waals surface area contributed by atoms with E-state index in [4.69, 9.17) is 4.74 Å². The number of sulfonamides is 1. The number of carbonyl (C=O) groups is 1. The topological polar surface area (TPSA) is 75.7 Å². The molecule has 2 aromatic rings. The summed E-state index contributed by atoms with van der Waals surface area (Å²) in [6, 6.07) is 10.5. The van der Waals surface area contributed by atoms with Gasteiger partial charge in [0.15, 0.2) is 0 Å². The van der Waals surface area contributed by atoms with Gasteiger partial charge in [0, 0.05) is 25.1 Å². The molecule has 2 aliphatic rings. The van der Waals surface area contributed by atoms with Crippen molar-refractivity contribution in [2.45, 2.75) is 56.6 Å². The van der Waals surface area contributed by atoms with Crippen LogP contribution in [0.1, 0.15) is 50.3 Å². The zero-order valence-electron chi connectivity index (χ0n) is 18.6. The van der Waals surface area contributed by atoms with Crippen molar-refractivity contribution in [2.75, 3.05) is 13.1 Å². The zero-order chi connectivity index (χ0) is 23.1. The third-order valence-corrected chi connectivity index (χ3v) is 8.02. The fourth-order valence-electron chi connectivity index (χ4n) is 4.52. The standard InChI is InChI=1S/C24H29FN2O4S/c1-16-6-11-22-20(13-16)21(14-24(2,3)31-22)26-23(28)17-5-4-12-27(15-17)32(29,30)19-9-7-18(25)8-10-19/h6-11,13,17,21H,4-5,12,14-15H2,1-3H3,(H,26,28)/t17-,21+/m1/s1. The first-order valence-corrected chi connectivity index (χ1v) is 12.3. The number of nitrogens with one attached hydrogen (secondary N) is 1. The number of fused-ring (bicyclic) bond motifs is 1. The molecule has 0 saturated carbocycles. The van der Waals surface area contributed by atoms with Crippen LogP contribution in [0.5, 0.6) is 5.75 Å². The molecule has 0 spiro atoms. The largest absolute Gasteiger partial charge is 0.487 e. The van der Waals surface area contributed by atoms with Gasteiger partial charge in [-0.15, -0.1) is 0 Å². The molecular weight excluding hydrogens is 431 g/mol. The monoisotopic (exact) mass is 460 g/mol. The quantitative estimate of drug-likeness (QED) is 0.750. The van der Waals surface area contributed by atoms with Crippen molar-refractivity contribution in [3.8, 4) is 5.75 Å². The number of aryl methyl sites for hydroxylation is 1. The second kappa shape index (κ2) is 8.48. The molecule has 6 nitrogen and oxygen atoms in total. The summed E-state index contributed by atoms with van der Waals surface area (Å²) in [5.41, 5.74) is 1.61. The van der Waals surface area contributed by atoms with E-state index in [1.54, 1.807) is 0 Å². The summed E-state index contributed by atoms with van der Waals surface area (Å²) in [5.74, 6) is -0.326. The molecule has 0 aromatic heterocycles. The second-order valence-electron chi connectivity index (χ2n) is 9.32. The van der Waals surface area contributed by atoms with Crippen LogP contribution in [-0.4, -0.2) is 37.3 Å². The smallest absolute Gasteiger partial charge is 0.243 e. The lowest BCUT2D eigenvalue weighted by molar-refractivity contribution is -0.127. The van der Waals surface area contributed by atoms with E-state index in [1.165, 1.54) is 16.4 Å². The summed E-state index contributed by atoms with van der Waals surface area (Å²) in [6.45, 7) is 6.44. The van der Waals surface area contributed by atoms with Crippen molar-refractivity contribution >= 4 is 15.9 Å². The molecule has 4 rings (SSSR count). The summed E-state index contributed by atoms with van der Waals surface area (Å²) < 4.78 is 46.6. The van der Waals surface area contributed by atoms with Gasteiger partial charge < -0.3 is 10.1 Å².